The fraction of sp³-hybridized carbons (Fsp3) is 0.259. The van der Waals surface area contributed by atoms with E-state index in [2.05, 4.69) is 15.5 Å². The van der Waals surface area contributed by atoms with E-state index in [4.69, 9.17) is 0 Å². The molecule has 2 atom stereocenters. The summed E-state index contributed by atoms with van der Waals surface area (Å²) < 4.78 is 1.78. The van der Waals surface area contributed by atoms with E-state index in [0.29, 0.717) is 22.8 Å². The van der Waals surface area contributed by atoms with Gasteiger partial charge in [0, 0.05) is 42.1 Å². The number of rotatable bonds is 9. The molecule has 5 rings (SSSR count). The van der Waals surface area contributed by atoms with Gasteiger partial charge in [-0.15, -0.1) is 23.1 Å². The van der Waals surface area contributed by atoms with Gasteiger partial charge >= 0.3 is 5.82 Å². The highest BCUT2D eigenvalue weighted by Crippen LogP contribution is 2.40. The number of fused-ring (bicyclic) bond motifs is 1. The summed E-state index contributed by atoms with van der Waals surface area (Å²) in [5.41, 5.74) is 2.10. The Kier molecular flexibility index (Phi) is 7.75. The van der Waals surface area contributed by atoms with Crippen LogP contribution in [0.4, 0.5) is 17.2 Å². The maximum absolute atomic E-state index is 13.0. The summed E-state index contributed by atoms with van der Waals surface area (Å²) in [4.78, 5) is 41.7. The molecule has 10 nitrogen and oxygen atoms in total. The summed E-state index contributed by atoms with van der Waals surface area (Å²) in [6, 6.07) is 16.0. The van der Waals surface area contributed by atoms with Crippen molar-refractivity contribution in [2.24, 2.45) is 10.2 Å². The largest absolute Gasteiger partial charge is 0.543 e. The summed E-state index contributed by atoms with van der Waals surface area (Å²) in [6.45, 7) is 0.191. The quantitative estimate of drug-likeness (QED) is 0.242. The molecule has 4 heterocycles. The molecule has 2 unspecified atom stereocenters. The second kappa shape index (κ2) is 11.4. The summed E-state index contributed by atoms with van der Waals surface area (Å²) in [6.07, 6.45) is 1.96. The number of hydrogen-bond acceptors (Lipinski definition) is 9. The Hall–Kier alpha value is -4.03. The highest BCUT2D eigenvalue weighted by molar-refractivity contribution is 8.00. The first-order valence-corrected chi connectivity index (χ1v) is 14.1. The van der Waals surface area contributed by atoms with Gasteiger partial charge in [-0.25, -0.2) is 4.57 Å². The van der Waals surface area contributed by atoms with Gasteiger partial charge in [-0.3, -0.25) is 14.5 Å². The van der Waals surface area contributed by atoms with Crippen LogP contribution in [-0.2, 0) is 27.3 Å². The van der Waals surface area contributed by atoms with Crippen LogP contribution in [0.15, 0.2) is 87.7 Å². The van der Waals surface area contributed by atoms with Crippen molar-refractivity contribution in [2.75, 3.05) is 24.7 Å². The first-order valence-electron chi connectivity index (χ1n) is 12.2. The average Bonchev–Trinajstić information content (AvgIpc) is 3.44. The number of carbonyl (C=O) groups is 3. The van der Waals surface area contributed by atoms with Gasteiger partial charge in [0.15, 0.2) is 0 Å². The van der Waals surface area contributed by atoms with E-state index in [1.165, 1.54) is 28.0 Å². The third-order valence-corrected chi connectivity index (χ3v) is 8.60. The van der Waals surface area contributed by atoms with Crippen molar-refractivity contribution in [1.82, 2.24) is 10.2 Å². The number of β-lactam (4-membered cyclic amide) rings is 1. The first-order chi connectivity index (χ1) is 18.8. The molecular weight excluding hydrogens is 536 g/mol. The molecule has 2 aliphatic rings. The lowest BCUT2D eigenvalue weighted by Crippen LogP contribution is -2.71. The van der Waals surface area contributed by atoms with Crippen molar-refractivity contribution in [3.05, 3.63) is 82.3 Å². The fourth-order valence-electron chi connectivity index (χ4n) is 4.41. The molecule has 2 amide bonds. The van der Waals surface area contributed by atoms with Crippen LogP contribution in [0.25, 0.3) is 0 Å². The SMILES string of the molecule is CN(C)c1ccc(N=Nc2cccc[n+]2CC2=C(C(=O)[O-])N3C(=O)C(NC(=O)Cc4cccs4)C3SC2)cc1. The van der Waals surface area contributed by atoms with Crippen molar-refractivity contribution < 1.29 is 24.1 Å². The van der Waals surface area contributed by atoms with E-state index in [-0.39, 0.29) is 24.6 Å². The molecule has 1 saturated heterocycles. The Morgan fingerprint density at radius 3 is 2.62 bits per heavy atom. The van der Waals surface area contributed by atoms with Crippen LogP contribution >= 0.6 is 23.1 Å². The number of thioether (sulfide) groups is 1. The number of benzene rings is 1. The molecule has 1 fully saturated rings. The molecule has 0 spiro atoms. The Morgan fingerprint density at radius 1 is 1.13 bits per heavy atom. The molecule has 0 bridgehead atoms. The van der Waals surface area contributed by atoms with Crippen LogP contribution in [0.1, 0.15) is 4.88 Å². The van der Waals surface area contributed by atoms with E-state index in [1.54, 1.807) is 16.8 Å². The summed E-state index contributed by atoms with van der Waals surface area (Å²) >= 11 is 2.88. The number of carbonyl (C=O) groups excluding carboxylic acids is 3. The molecule has 2 aliphatic heterocycles. The Labute approximate surface area is 233 Å². The lowest BCUT2D eigenvalue weighted by molar-refractivity contribution is -0.676. The summed E-state index contributed by atoms with van der Waals surface area (Å²) in [7, 11) is 3.92. The van der Waals surface area contributed by atoms with Gasteiger partial charge in [0.2, 0.25) is 5.91 Å². The number of thiophene rings is 1. The zero-order chi connectivity index (χ0) is 27.5. The zero-order valence-corrected chi connectivity index (χ0v) is 22.9. The highest BCUT2D eigenvalue weighted by atomic mass is 32.2. The van der Waals surface area contributed by atoms with Gasteiger partial charge in [-0.1, -0.05) is 12.1 Å². The maximum atomic E-state index is 13.0. The molecule has 0 radical (unpaired) electrons. The Bertz CT molecular complexity index is 1450. The minimum atomic E-state index is -1.42. The molecular formula is C27H26N6O4S2. The van der Waals surface area contributed by atoms with Crippen molar-refractivity contribution in [1.29, 1.82) is 0 Å². The van der Waals surface area contributed by atoms with Gasteiger partial charge in [0.05, 0.1) is 29.4 Å². The minimum Gasteiger partial charge on any atom is -0.543 e. The molecule has 39 heavy (non-hydrogen) atoms. The van der Waals surface area contributed by atoms with Gasteiger partial charge < -0.3 is 20.1 Å². The van der Waals surface area contributed by atoms with Crippen molar-refractivity contribution >= 4 is 58.1 Å². The summed E-state index contributed by atoms with van der Waals surface area (Å²) in [5.74, 6) is -1.26. The molecule has 3 aromatic rings. The number of anilines is 1. The molecule has 0 saturated carbocycles. The topological polar surface area (TPSA) is 121 Å². The normalized spacial score (nSPS) is 18.6. The molecule has 12 heteroatoms. The van der Waals surface area contributed by atoms with Gasteiger partial charge in [0.1, 0.15) is 23.6 Å². The predicted molar refractivity (Wildman–Crippen MR) is 147 cm³/mol. The number of nitrogens with zero attached hydrogens (tertiary/aromatic N) is 5. The van der Waals surface area contributed by atoms with Crippen molar-refractivity contribution in [2.45, 2.75) is 24.4 Å². The average molecular weight is 563 g/mol. The number of hydrogen-bond donors (Lipinski definition) is 1. The maximum Gasteiger partial charge on any atom is 0.350 e. The lowest BCUT2D eigenvalue weighted by Gasteiger charge is -2.50. The molecule has 200 valence electrons. The minimum absolute atomic E-state index is 0.147. The molecule has 1 aromatic carbocycles. The number of amides is 2. The first kappa shape index (κ1) is 26.6. The zero-order valence-electron chi connectivity index (χ0n) is 21.3. The number of nitrogens with one attached hydrogen (secondary N) is 1. The number of carboxylic acids is 1. The standard InChI is InChI=1S/C27H26N6O4S2/c1-31(2)19-10-8-18(9-11-19)29-30-21-7-3-4-12-32(21)15-17-16-39-26-23(25(35)33(26)24(17)27(36)37)28-22(34)14-20-6-5-13-38-20/h3-13,23,26H,14-16H2,1-2H3,(H-,28,34,36,37). The van der Waals surface area contributed by atoms with E-state index in [1.807, 2.05) is 72.9 Å². The number of aromatic nitrogens is 1. The van der Waals surface area contributed by atoms with E-state index < -0.39 is 23.3 Å². The van der Waals surface area contributed by atoms with Gasteiger partial charge in [-0.2, -0.15) is 0 Å². The smallest absolute Gasteiger partial charge is 0.350 e. The third-order valence-electron chi connectivity index (χ3n) is 6.38. The molecule has 2 aromatic heterocycles. The predicted octanol–water partition coefficient (Wildman–Crippen LogP) is 2.16. The second-order valence-electron chi connectivity index (χ2n) is 9.25. The van der Waals surface area contributed by atoms with Crippen LogP contribution in [0.3, 0.4) is 0 Å². The number of pyridine rings is 1. The highest BCUT2D eigenvalue weighted by Gasteiger charge is 2.53. The van der Waals surface area contributed by atoms with Gasteiger partial charge in [0.25, 0.3) is 5.91 Å². The fourth-order valence-corrected chi connectivity index (χ4v) is 6.45. The van der Waals surface area contributed by atoms with Crippen LogP contribution in [-0.4, -0.2) is 53.9 Å². The van der Waals surface area contributed by atoms with Gasteiger partial charge in [-0.05, 0) is 46.9 Å². The molecule has 0 aliphatic carbocycles. The van der Waals surface area contributed by atoms with Crippen LogP contribution in [0.2, 0.25) is 0 Å². The van der Waals surface area contributed by atoms with E-state index in [0.717, 1.165) is 10.6 Å². The Morgan fingerprint density at radius 2 is 1.92 bits per heavy atom. The Balaban J connectivity index is 1.32. The van der Waals surface area contributed by atoms with Crippen molar-refractivity contribution in [3.63, 3.8) is 0 Å². The van der Waals surface area contributed by atoms with Crippen molar-refractivity contribution in [3.8, 4) is 0 Å². The van der Waals surface area contributed by atoms with E-state index >= 15 is 0 Å². The van der Waals surface area contributed by atoms with Crippen LogP contribution in [0, 0.1) is 0 Å². The number of azo groups is 1. The lowest BCUT2D eigenvalue weighted by atomic mass is 10.0. The number of carboxylic acid groups (broad SMARTS) is 1. The number of aliphatic carboxylic acids is 1. The third kappa shape index (κ3) is 5.71. The molecule has 1 N–H and O–H groups in total. The van der Waals surface area contributed by atoms with Crippen LogP contribution < -0.4 is 19.9 Å². The van der Waals surface area contributed by atoms with E-state index in [9.17, 15) is 19.5 Å². The van der Waals surface area contributed by atoms with Crippen LogP contribution in [0.5, 0.6) is 0 Å². The monoisotopic (exact) mass is 562 g/mol. The second-order valence-corrected chi connectivity index (χ2v) is 11.4. The summed E-state index contributed by atoms with van der Waals surface area (Å²) in [5, 5.41) is 25.1.